The zero-order valence-corrected chi connectivity index (χ0v) is 30.8. The van der Waals surface area contributed by atoms with E-state index in [1.807, 2.05) is 60.4 Å². The van der Waals surface area contributed by atoms with Crippen molar-refractivity contribution in [3.05, 3.63) is 141 Å². The fourth-order valence-electron chi connectivity index (χ4n) is 6.10. The Kier molecular flexibility index (Phi) is 11.6. The summed E-state index contributed by atoms with van der Waals surface area (Å²) >= 11 is 12.8. The number of carbonyl (C=O) groups excluding carboxylic acids is 1. The van der Waals surface area contributed by atoms with Crippen LogP contribution in [0.15, 0.2) is 103 Å². The number of halogens is 2. The van der Waals surface area contributed by atoms with E-state index in [0.717, 1.165) is 60.0 Å². The van der Waals surface area contributed by atoms with Crippen molar-refractivity contribution in [1.82, 2.24) is 14.8 Å². The third kappa shape index (κ3) is 9.61. The van der Waals surface area contributed by atoms with Gasteiger partial charge >= 0.3 is 0 Å². The van der Waals surface area contributed by atoms with Gasteiger partial charge in [0.25, 0.3) is 0 Å². The van der Waals surface area contributed by atoms with Gasteiger partial charge in [0.05, 0.1) is 17.8 Å². The molecular weight excluding hydrogens is 713 g/mol. The number of aryl methyl sites for hydroxylation is 1. The standard InChI is InChI=1S/C42H39Cl2N3O6/c1-29-22-32(23-37(44)42(29)53-40-14-12-35(25-45-40)50-27-33-4-2-3-5-36(33)43)10-15-41(48)47-19-17-46(18-20-47)26-31-8-6-30(7-9-31)16-21-49-34-11-13-38-39(24-34)52-28-51-38/h2-15,22-25H,16-21,26-28H2,1H3. The second kappa shape index (κ2) is 17.1. The minimum atomic E-state index is -0.0212. The van der Waals surface area contributed by atoms with Gasteiger partial charge in [-0.2, -0.15) is 0 Å². The molecule has 1 aromatic heterocycles. The van der Waals surface area contributed by atoms with E-state index in [1.54, 1.807) is 36.5 Å². The molecule has 11 heteroatoms. The van der Waals surface area contributed by atoms with E-state index in [1.165, 1.54) is 11.1 Å². The van der Waals surface area contributed by atoms with E-state index in [2.05, 4.69) is 34.1 Å². The topological polar surface area (TPSA) is 82.6 Å². The lowest BCUT2D eigenvalue weighted by Gasteiger charge is -2.34. The fraction of sp³-hybridized carbons (Fsp3) is 0.238. The lowest BCUT2D eigenvalue weighted by molar-refractivity contribution is -0.127. The molecule has 7 rings (SSSR count). The van der Waals surface area contributed by atoms with E-state index in [-0.39, 0.29) is 12.7 Å². The van der Waals surface area contributed by atoms with Gasteiger partial charge in [-0.3, -0.25) is 9.69 Å². The predicted octanol–water partition coefficient (Wildman–Crippen LogP) is 8.78. The number of hydrogen-bond donors (Lipinski definition) is 0. The number of ether oxygens (including phenoxy) is 5. The van der Waals surface area contributed by atoms with Crippen LogP contribution in [0.3, 0.4) is 0 Å². The number of fused-ring (bicyclic) bond motifs is 1. The number of amides is 1. The highest BCUT2D eigenvalue weighted by Crippen LogP contribution is 2.36. The van der Waals surface area contributed by atoms with Crippen molar-refractivity contribution in [2.75, 3.05) is 39.6 Å². The number of nitrogens with zero attached hydrogens (tertiary/aromatic N) is 3. The first kappa shape index (κ1) is 36.2. The summed E-state index contributed by atoms with van der Waals surface area (Å²) in [5.74, 6) is 3.70. The molecule has 0 bridgehead atoms. The van der Waals surface area contributed by atoms with Gasteiger partial charge in [-0.1, -0.05) is 65.7 Å². The van der Waals surface area contributed by atoms with Gasteiger partial charge in [-0.15, -0.1) is 0 Å². The largest absolute Gasteiger partial charge is 0.493 e. The van der Waals surface area contributed by atoms with Crippen LogP contribution in [0.25, 0.3) is 6.08 Å². The average Bonchev–Trinajstić information content (AvgIpc) is 3.65. The van der Waals surface area contributed by atoms with E-state index in [0.29, 0.717) is 53.7 Å². The average molecular weight is 753 g/mol. The predicted molar refractivity (Wildman–Crippen MR) is 205 cm³/mol. The highest BCUT2D eigenvalue weighted by atomic mass is 35.5. The number of pyridine rings is 1. The minimum absolute atomic E-state index is 0.0212. The van der Waals surface area contributed by atoms with Crippen molar-refractivity contribution in [2.45, 2.75) is 26.5 Å². The molecule has 0 aliphatic carbocycles. The Hall–Kier alpha value is -5.22. The van der Waals surface area contributed by atoms with Crippen LogP contribution < -0.4 is 23.7 Å². The minimum Gasteiger partial charge on any atom is -0.493 e. The summed E-state index contributed by atoms with van der Waals surface area (Å²) in [6.45, 7) is 6.87. The molecule has 0 atom stereocenters. The Bertz CT molecular complexity index is 2040. The molecule has 272 valence electrons. The van der Waals surface area contributed by atoms with Crippen molar-refractivity contribution in [3.8, 4) is 34.6 Å². The molecule has 0 spiro atoms. The summed E-state index contributed by atoms with van der Waals surface area (Å²) in [7, 11) is 0. The van der Waals surface area contributed by atoms with E-state index in [9.17, 15) is 4.79 Å². The van der Waals surface area contributed by atoms with Gasteiger partial charge in [0.1, 0.15) is 18.1 Å². The molecule has 3 heterocycles. The molecule has 0 unspecified atom stereocenters. The first-order valence-electron chi connectivity index (χ1n) is 17.5. The fourth-order valence-corrected chi connectivity index (χ4v) is 6.60. The molecule has 5 aromatic rings. The zero-order valence-electron chi connectivity index (χ0n) is 29.3. The van der Waals surface area contributed by atoms with E-state index < -0.39 is 0 Å². The second-order valence-corrected chi connectivity index (χ2v) is 13.6. The maximum Gasteiger partial charge on any atom is 0.246 e. The van der Waals surface area contributed by atoms with Gasteiger partial charge < -0.3 is 28.6 Å². The Labute approximate surface area is 319 Å². The Morgan fingerprint density at radius 2 is 1.60 bits per heavy atom. The van der Waals surface area contributed by atoms with Crippen LogP contribution in [0, 0.1) is 6.92 Å². The molecule has 1 saturated heterocycles. The summed E-state index contributed by atoms with van der Waals surface area (Å²) in [5.41, 5.74) is 4.99. The molecular formula is C42H39Cl2N3O6. The molecule has 53 heavy (non-hydrogen) atoms. The van der Waals surface area contributed by atoms with Crippen LogP contribution in [0.2, 0.25) is 10.0 Å². The van der Waals surface area contributed by atoms with Crippen molar-refractivity contribution in [3.63, 3.8) is 0 Å². The zero-order chi connectivity index (χ0) is 36.6. The molecule has 4 aromatic carbocycles. The smallest absolute Gasteiger partial charge is 0.246 e. The van der Waals surface area contributed by atoms with Crippen LogP contribution in [0.1, 0.15) is 27.8 Å². The number of benzene rings is 4. The van der Waals surface area contributed by atoms with E-state index in [4.69, 9.17) is 46.9 Å². The van der Waals surface area contributed by atoms with Crippen molar-refractivity contribution in [1.29, 1.82) is 0 Å². The second-order valence-electron chi connectivity index (χ2n) is 12.8. The highest BCUT2D eigenvalue weighted by molar-refractivity contribution is 6.32. The molecule has 9 nitrogen and oxygen atoms in total. The Morgan fingerprint density at radius 1 is 0.830 bits per heavy atom. The SMILES string of the molecule is Cc1cc(C=CC(=O)N2CCN(Cc3ccc(CCOc4ccc5c(c4)OCO5)cc3)CC2)cc(Cl)c1Oc1ccc(OCc2ccccc2Cl)cn1. The summed E-state index contributed by atoms with van der Waals surface area (Å²) in [6.07, 6.45) is 5.81. The lowest BCUT2D eigenvalue weighted by Crippen LogP contribution is -2.47. The lowest BCUT2D eigenvalue weighted by atomic mass is 10.1. The van der Waals surface area contributed by atoms with Gasteiger partial charge in [0, 0.05) is 67.9 Å². The Morgan fingerprint density at radius 3 is 2.38 bits per heavy atom. The van der Waals surface area contributed by atoms with E-state index >= 15 is 0 Å². The van der Waals surface area contributed by atoms with Crippen LogP contribution in [-0.2, 0) is 24.4 Å². The number of piperazine rings is 1. The summed E-state index contributed by atoms with van der Waals surface area (Å²) < 4.78 is 28.5. The number of aromatic nitrogens is 1. The first-order chi connectivity index (χ1) is 25.9. The Balaban J connectivity index is 0.838. The van der Waals surface area contributed by atoms with Crippen molar-refractivity contribution in [2.24, 2.45) is 0 Å². The summed E-state index contributed by atoms with van der Waals surface area (Å²) in [4.78, 5) is 21.7. The number of hydrogen-bond acceptors (Lipinski definition) is 8. The third-order valence-corrected chi connectivity index (χ3v) is 9.70. The van der Waals surface area contributed by atoms with Gasteiger partial charge in [0.15, 0.2) is 17.2 Å². The molecule has 1 amide bonds. The third-order valence-electron chi connectivity index (χ3n) is 9.05. The monoisotopic (exact) mass is 751 g/mol. The van der Waals surface area contributed by atoms with Gasteiger partial charge in [-0.05, 0) is 71.7 Å². The van der Waals surface area contributed by atoms with Crippen LogP contribution in [-0.4, -0.2) is 60.3 Å². The highest BCUT2D eigenvalue weighted by Gasteiger charge is 2.20. The molecule has 0 N–H and O–H groups in total. The maximum atomic E-state index is 13.1. The quantitative estimate of drug-likeness (QED) is 0.111. The normalized spacial score (nSPS) is 14.1. The molecule has 2 aliphatic rings. The van der Waals surface area contributed by atoms with Gasteiger partial charge in [-0.25, -0.2) is 4.98 Å². The van der Waals surface area contributed by atoms with Gasteiger partial charge in [0.2, 0.25) is 18.6 Å². The van der Waals surface area contributed by atoms with Crippen molar-refractivity contribution < 1.29 is 28.5 Å². The number of rotatable bonds is 13. The molecule has 1 fully saturated rings. The van der Waals surface area contributed by atoms with Crippen LogP contribution in [0.5, 0.6) is 34.6 Å². The molecule has 2 aliphatic heterocycles. The molecule has 0 saturated carbocycles. The van der Waals surface area contributed by atoms with Crippen LogP contribution >= 0.6 is 23.2 Å². The maximum absolute atomic E-state index is 13.1. The summed E-state index contributed by atoms with van der Waals surface area (Å²) in [6, 6.07) is 29.1. The first-order valence-corrected chi connectivity index (χ1v) is 18.2. The van der Waals surface area contributed by atoms with Crippen molar-refractivity contribution >= 4 is 35.2 Å². The summed E-state index contributed by atoms with van der Waals surface area (Å²) in [5, 5.41) is 1.08. The van der Waals surface area contributed by atoms with Crippen LogP contribution in [0.4, 0.5) is 0 Å². The molecule has 0 radical (unpaired) electrons. The number of carbonyl (C=O) groups is 1.